The molecule has 0 radical (unpaired) electrons. The summed E-state index contributed by atoms with van der Waals surface area (Å²) in [6.07, 6.45) is 10.3. The van der Waals surface area contributed by atoms with Crippen LogP contribution in [0.4, 0.5) is 0 Å². The van der Waals surface area contributed by atoms with E-state index in [0.717, 1.165) is 6.42 Å². The van der Waals surface area contributed by atoms with Crippen LogP contribution in [0.3, 0.4) is 0 Å². The number of hydrogen-bond donors (Lipinski definition) is 1. The first-order valence-electron chi connectivity index (χ1n) is 5.48. The summed E-state index contributed by atoms with van der Waals surface area (Å²) in [7, 11) is 0. The van der Waals surface area contributed by atoms with E-state index in [4.69, 9.17) is 5.11 Å². The van der Waals surface area contributed by atoms with E-state index in [-0.39, 0.29) is 6.61 Å². The highest BCUT2D eigenvalue weighted by molar-refractivity contribution is 4.98. The molecule has 0 spiro atoms. The third kappa shape index (κ3) is 11.5. The van der Waals surface area contributed by atoms with Crippen LogP contribution in [0.15, 0.2) is 0 Å². The molecule has 0 bridgehead atoms. The van der Waals surface area contributed by atoms with Crippen LogP contribution in [-0.4, -0.2) is 11.7 Å². The van der Waals surface area contributed by atoms with E-state index in [9.17, 15) is 0 Å². The van der Waals surface area contributed by atoms with Gasteiger partial charge in [-0.2, -0.15) is 0 Å². The maximum absolute atomic E-state index is 8.39. The predicted octanol–water partition coefficient (Wildman–Crippen LogP) is 3.12. The summed E-state index contributed by atoms with van der Waals surface area (Å²) in [4.78, 5) is 0. The number of hydrogen-bond acceptors (Lipinski definition) is 1. The normalized spacial score (nSPS) is 9.38. The minimum Gasteiger partial charge on any atom is -0.384 e. The molecule has 76 valence electrons. The molecule has 0 saturated carbocycles. The van der Waals surface area contributed by atoms with E-state index in [1.807, 2.05) is 0 Å². The molecule has 0 saturated heterocycles. The largest absolute Gasteiger partial charge is 0.384 e. The highest BCUT2D eigenvalue weighted by Gasteiger charge is 1.88. The van der Waals surface area contributed by atoms with Gasteiger partial charge < -0.3 is 5.11 Å². The fraction of sp³-hybridized carbons (Fsp3) is 0.833. The van der Waals surface area contributed by atoms with E-state index in [0.29, 0.717) is 0 Å². The Bertz CT molecular complexity index is 141. The quantitative estimate of drug-likeness (QED) is 0.474. The summed E-state index contributed by atoms with van der Waals surface area (Å²) in [5.74, 6) is 5.60. The molecule has 0 aliphatic carbocycles. The third-order valence-corrected chi connectivity index (χ3v) is 2.11. The van der Waals surface area contributed by atoms with Crippen LogP contribution in [0.25, 0.3) is 0 Å². The lowest BCUT2D eigenvalue weighted by Gasteiger charge is -1.97. The van der Waals surface area contributed by atoms with Gasteiger partial charge in [-0.15, -0.1) is 5.92 Å². The Labute approximate surface area is 82.5 Å². The first-order chi connectivity index (χ1) is 6.41. The topological polar surface area (TPSA) is 20.2 Å². The molecule has 1 nitrogen and oxygen atoms in total. The van der Waals surface area contributed by atoms with Gasteiger partial charge in [0.15, 0.2) is 0 Å². The van der Waals surface area contributed by atoms with Crippen molar-refractivity contribution < 1.29 is 5.11 Å². The number of unbranched alkanes of at least 4 members (excludes halogenated alkanes) is 7. The van der Waals surface area contributed by atoms with Crippen molar-refractivity contribution in [3.8, 4) is 11.8 Å². The van der Waals surface area contributed by atoms with Crippen LogP contribution in [0, 0.1) is 11.8 Å². The summed E-state index contributed by atoms with van der Waals surface area (Å²) in [5, 5.41) is 8.39. The van der Waals surface area contributed by atoms with Gasteiger partial charge in [-0.05, 0) is 6.42 Å². The molecule has 0 aromatic rings. The zero-order chi connectivity index (χ0) is 9.78. The van der Waals surface area contributed by atoms with E-state index in [1.54, 1.807) is 0 Å². The lowest BCUT2D eigenvalue weighted by Crippen LogP contribution is -1.79. The van der Waals surface area contributed by atoms with Gasteiger partial charge in [0.25, 0.3) is 0 Å². The van der Waals surface area contributed by atoms with Gasteiger partial charge in [-0.3, -0.25) is 0 Å². The zero-order valence-corrected chi connectivity index (χ0v) is 8.81. The van der Waals surface area contributed by atoms with E-state index < -0.39 is 0 Å². The number of rotatable bonds is 7. The third-order valence-electron chi connectivity index (χ3n) is 2.11. The zero-order valence-electron chi connectivity index (χ0n) is 8.81. The maximum Gasteiger partial charge on any atom is 0.104 e. The monoisotopic (exact) mass is 182 g/mol. The lowest BCUT2D eigenvalue weighted by atomic mass is 10.1. The molecule has 0 aromatic carbocycles. The molecule has 0 amide bonds. The van der Waals surface area contributed by atoms with Gasteiger partial charge in [0.05, 0.1) is 0 Å². The average Bonchev–Trinajstić information content (AvgIpc) is 2.16. The SMILES string of the molecule is CCCCCCCCCC#CCO. The molecule has 0 rings (SSSR count). The van der Waals surface area contributed by atoms with Crippen molar-refractivity contribution in [3.05, 3.63) is 0 Å². The van der Waals surface area contributed by atoms with Crippen molar-refractivity contribution in [1.29, 1.82) is 0 Å². The molecule has 0 aliphatic heterocycles. The van der Waals surface area contributed by atoms with Gasteiger partial charge in [0.1, 0.15) is 6.61 Å². The first-order valence-corrected chi connectivity index (χ1v) is 5.48. The van der Waals surface area contributed by atoms with Gasteiger partial charge in [-0.1, -0.05) is 51.4 Å². The van der Waals surface area contributed by atoms with Gasteiger partial charge >= 0.3 is 0 Å². The summed E-state index contributed by atoms with van der Waals surface area (Å²) in [6, 6.07) is 0. The van der Waals surface area contributed by atoms with Crippen molar-refractivity contribution in [2.24, 2.45) is 0 Å². The summed E-state index contributed by atoms with van der Waals surface area (Å²) in [6.45, 7) is 2.25. The highest BCUT2D eigenvalue weighted by atomic mass is 16.2. The lowest BCUT2D eigenvalue weighted by molar-refractivity contribution is 0.350. The van der Waals surface area contributed by atoms with Crippen LogP contribution in [0.2, 0.25) is 0 Å². The Morgan fingerprint density at radius 3 is 2.08 bits per heavy atom. The molecule has 1 N–H and O–H groups in total. The Morgan fingerprint density at radius 1 is 0.846 bits per heavy atom. The Balaban J connectivity index is 2.91. The van der Waals surface area contributed by atoms with E-state index in [1.165, 1.54) is 44.9 Å². The molecule has 1 heteroatoms. The Kier molecular flexibility index (Phi) is 11.1. The molecule has 0 aliphatic rings. The van der Waals surface area contributed by atoms with Crippen molar-refractivity contribution in [2.75, 3.05) is 6.61 Å². The van der Waals surface area contributed by atoms with Gasteiger partial charge in [0, 0.05) is 6.42 Å². The molecular weight excluding hydrogens is 160 g/mol. The second-order valence-corrected chi connectivity index (χ2v) is 3.38. The van der Waals surface area contributed by atoms with Crippen molar-refractivity contribution in [2.45, 2.75) is 58.3 Å². The van der Waals surface area contributed by atoms with Crippen LogP contribution < -0.4 is 0 Å². The predicted molar refractivity (Wildman–Crippen MR) is 57.5 cm³/mol. The van der Waals surface area contributed by atoms with E-state index >= 15 is 0 Å². The Hall–Kier alpha value is -0.480. The summed E-state index contributed by atoms with van der Waals surface area (Å²) in [5.41, 5.74) is 0. The molecule has 0 atom stereocenters. The molecule has 0 heterocycles. The molecule has 0 fully saturated rings. The minimum atomic E-state index is 0.0104. The van der Waals surface area contributed by atoms with Crippen LogP contribution in [0.5, 0.6) is 0 Å². The fourth-order valence-corrected chi connectivity index (χ4v) is 1.31. The van der Waals surface area contributed by atoms with Gasteiger partial charge in [0.2, 0.25) is 0 Å². The van der Waals surface area contributed by atoms with Crippen LogP contribution >= 0.6 is 0 Å². The second kappa shape index (κ2) is 11.5. The summed E-state index contributed by atoms with van der Waals surface area (Å²) < 4.78 is 0. The van der Waals surface area contributed by atoms with Crippen LogP contribution in [-0.2, 0) is 0 Å². The van der Waals surface area contributed by atoms with E-state index in [2.05, 4.69) is 18.8 Å². The molecule has 13 heavy (non-hydrogen) atoms. The first kappa shape index (κ1) is 12.5. The van der Waals surface area contributed by atoms with Crippen molar-refractivity contribution in [3.63, 3.8) is 0 Å². The minimum absolute atomic E-state index is 0.0104. The van der Waals surface area contributed by atoms with Crippen LogP contribution in [0.1, 0.15) is 58.3 Å². The van der Waals surface area contributed by atoms with Gasteiger partial charge in [-0.25, -0.2) is 0 Å². The number of aliphatic hydroxyl groups excluding tert-OH is 1. The molecule has 0 unspecified atom stereocenters. The molecule has 0 aromatic heterocycles. The number of aliphatic hydroxyl groups is 1. The van der Waals surface area contributed by atoms with Crippen molar-refractivity contribution >= 4 is 0 Å². The maximum atomic E-state index is 8.39. The highest BCUT2D eigenvalue weighted by Crippen LogP contribution is 2.07. The Morgan fingerprint density at radius 2 is 1.46 bits per heavy atom. The second-order valence-electron chi connectivity index (χ2n) is 3.38. The fourth-order valence-electron chi connectivity index (χ4n) is 1.31. The smallest absolute Gasteiger partial charge is 0.104 e. The standard InChI is InChI=1S/C12H22O/c1-2-3-4-5-6-7-8-9-10-11-12-13/h13H,2-9,12H2,1H3. The van der Waals surface area contributed by atoms with Crippen molar-refractivity contribution in [1.82, 2.24) is 0 Å². The summed E-state index contributed by atoms with van der Waals surface area (Å²) >= 11 is 0. The molecular formula is C12H22O. The average molecular weight is 182 g/mol.